The summed E-state index contributed by atoms with van der Waals surface area (Å²) in [5.74, 6) is 0. The molecule has 1 rings (SSSR count). The number of thioether (sulfide) groups is 1. The Morgan fingerprint density at radius 3 is 2.44 bits per heavy atom. The number of aliphatic hydroxyl groups is 2. The number of halogens is 1. The van der Waals surface area contributed by atoms with Crippen LogP contribution in [-0.2, 0) is 4.74 Å². The number of alkyl halides is 1. The van der Waals surface area contributed by atoms with Crippen LogP contribution < -0.4 is 0 Å². The van der Waals surface area contributed by atoms with E-state index in [2.05, 4.69) is 0 Å². The second-order valence-corrected chi connectivity index (χ2v) is 6.31. The Hall–Kier alpha value is -0.370. The van der Waals surface area contributed by atoms with E-state index < -0.39 is 29.4 Å². The Morgan fingerprint density at radius 2 is 2.00 bits per heavy atom. The third-order valence-electron chi connectivity index (χ3n) is 2.76. The molecule has 0 aromatic heterocycles. The van der Waals surface area contributed by atoms with Gasteiger partial charge in [0, 0.05) is 20.5 Å². The largest absolute Gasteiger partial charge is 0.390 e. The fraction of sp³-hybridized carbons (Fsp3) is 0.909. The van der Waals surface area contributed by atoms with Crippen molar-refractivity contribution >= 4 is 16.9 Å². The van der Waals surface area contributed by atoms with Gasteiger partial charge in [-0.3, -0.25) is 5.41 Å². The van der Waals surface area contributed by atoms with Gasteiger partial charge in [0.15, 0.2) is 5.17 Å². The van der Waals surface area contributed by atoms with Crippen molar-refractivity contribution in [1.29, 1.82) is 5.41 Å². The third kappa shape index (κ3) is 3.81. The van der Waals surface area contributed by atoms with E-state index in [4.69, 9.17) is 10.1 Å². The molecule has 0 spiro atoms. The summed E-state index contributed by atoms with van der Waals surface area (Å²) < 4.78 is 19.4. The Kier molecular flexibility index (Phi) is 4.99. The predicted molar refractivity (Wildman–Crippen MR) is 69.5 cm³/mol. The number of amidine groups is 1. The first-order valence-electron chi connectivity index (χ1n) is 5.76. The summed E-state index contributed by atoms with van der Waals surface area (Å²) in [6, 6.07) is 0. The van der Waals surface area contributed by atoms with Crippen molar-refractivity contribution in [3.8, 4) is 0 Å². The van der Waals surface area contributed by atoms with Gasteiger partial charge in [-0.05, 0) is 13.8 Å². The smallest absolute Gasteiger partial charge is 0.158 e. The molecule has 0 aromatic carbocycles. The number of nitrogens with one attached hydrogen (secondary N) is 1. The number of nitrogens with zero attached hydrogens (tertiary/aromatic N) is 1. The van der Waals surface area contributed by atoms with Crippen LogP contribution in [0.25, 0.3) is 0 Å². The first-order chi connectivity index (χ1) is 8.12. The van der Waals surface area contributed by atoms with Crippen molar-refractivity contribution in [2.75, 3.05) is 14.1 Å². The van der Waals surface area contributed by atoms with E-state index in [1.807, 2.05) is 0 Å². The highest BCUT2D eigenvalue weighted by Gasteiger charge is 2.45. The molecule has 106 valence electrons. The van der Waals surface area contributed by atoms with Crippen LogP contribution in [0.3, 0.4) is 0 Å². The lowest BCUT2D eigenvalue weighted by Crippen LogP contribution is -2.55. The van der Waals surface area contributed by atoms with E-state index in [1.54, 1.807) is 19.0 Å². The van der Waals surface area contributed by atoms with Crippen LogP contribution >= 0.6 is 11.8 Å². The zero-order valence-electron chi connectivity index (χ0n) is 11.1. The lowest BCUT2D eigenvalue weighted by molar-refractivity contribution is -0.185. The minimum atomic E-state index is -1.75. The van der Waals surface area contributed by atoms with Gasteiger partial charge in [0.05, 0.1) is 6.10 Å². The number of ether oxygens (including phenoxy) is 1. The maximum atomic E-state index is 13.9. The molecule has 0 aliphatic carbocycles. The first kappa shape index (κ1) is 15.7. The molecule has 0 aromatic rings. The van der Waals surface area contributed by atoms with Gasteiger partial charge in [-0.1, -0.05) is 11.8 Å². The molecule has 0 bridgehead atoms. The molecule has 0 amide bonds. The third-order valence-corrected chi connectivity index (χ3v) is 3.92. The van der Waals surface area contributed by atoms with Gasteiger partial charge < -0.3 is 19.8 Å². The molecule has 1 fully saturated rings. The highest BCUT2D eigenvalue weighted by atomic mass is 32.2. The van der Waals surface area contributed by atoms with E-state index in [-0.39, 0.29) is 11.6 Å². The normalized spacial score (nSPS) is 33.3. The fourth-order valence-corrected chi connectivity index (χ4v) is 2.64. The van der Waals surface area contributed by atoms with Crippen molar-refractivity contribution in [1.82, 2.24) is 4.90 Å². The highest BCUT2D eigenvalue weighted by Crippen LogP contribution is 2.34. The van der Waals surface area contributed by atoms with Crippen LogP contribution in [0.4, 0.5) is 4.39 Å². The molecule has 1 heterocycles. The van der Waals surface area contributed by atoms with Gasteiger partial charge in [0.25, 0.3) is 0 Å². The van der Waals surface area contributed by atoms with Crippen LogP contribution in [0.1, 0.15) is 20.3 Å². The molecule has 7 heteroatoms. The molecule has 0 saturated carbocycles. The van der Waals surface area contributed by atoms with Gasteiger partial charge in [-0.15, -0.1) is 0 Å². The zero-order valence-corrected chi connectivity index (χ0v) is 11.9. The Bertz CT molecular complexity index is 309. The Labute approximate surface area is 111 Å². The average Bonchev–Trinajstić information content (AvgIpc) is 2.21. The van der Waals surface area contributed by atoms with Crippen molar-refractivity contribution < 1.29 is 19.3 Å². The van der Waals surface area contributed by atoms with Gasteiger partial charge >= 0.3 is 0 Å². The molecule has 1 aliphatic rings. The van der Waals surface area contributed by atoms with Crippen LogP contribution in [0.15, 0.2) is 0 Å². The first-order valence-corrected chi connectivity index (χ1v) is 6.64. The van der Waals surface area contributed by atoms with E-state index in [0.29, 0.717) is 0 Å². The van der Waals surface area contributed by atoms with Gasteiger partial charge in [-0.2, -0.15) is 0 Å². The van der Waals surface area contributed by atoms with E-state index in [9.17, 15) is 14.6 Å². The summed E-state index contributed by atoms with van der Waals surface area (Å²) >= 11 is 1.10. The van der Waals surface area contributed by atoms with E-state index >= 15 is 0 Å². The van der Waals surface area contributed by atoms with Crippen LogP contribution in [0, 0.1) is 5.41 Å². The molecule has 0 radical (unpaired) electrons. The van der Waals surface area contributed by atoms with Crippen molar-refractivity contribution in [3.63, 3.8) is 0 Å². The second-order valence-electron chi connectivity index (χ2n) is 5.16. The molecule has 3 N–H and O–H groups in total. The monoisotopic (exact) mass is 280 g/mol. The fourth-order valence-electron chi connectivity index (χ4n) is 1.71. The van der Waals surface area contributed by atoms with Crippen molar-refractivity contribution in [2.24, 2.45) is 0 Å². The highest BCUT2D eigenvalue weighted by molar-refractivity contribution is 8.14. The molecule has 18 heavy (non-hydrogen) atoms. The SMILES string of the molecule is CN(C)C(=N)S[C@@H]1C[C@@H](O)[C@H](O)[C@@H](C(C)(C)F)O1. The van der Waals surface area contributed by atoms with Gasteiger partial charge in [0.1, 0.15) is 23.3 Å². The topological polar surface area (TPSA) is 76.8 Å². The zero-order chi connectivity index (χ0) is 14.1. The van der Waals surface area contributed by atoms with Crippen molar-refractivity contribution in [3.05, 3.63) is 0 Å². The average molecular weight is 280 g/mol. The Balaban J connectivity index is 2.71. The minimum absolute atomic E-state index is 0.175. The number of hydrogen-bond donors (Lipinski definition) is 3. The molecule has 4 atom stereocenters. The maximum Gasteiger partial charge on any atom is 0.158 e. The summed E-state index contributed by atoms with van der Waals surface area (Å²) in [4.78, 5) is 1.60. The molecule has 1 saturated heterocycles. The quantitative estimate of drug-likeness (QED) is 0.515. The summed E-state index contributed by atoms with van der Waals surface area (Å²) in [6.07, 6.45) is -3.19. The summed E-state index contributed by atoms with van der Waals surface area (Å²) in [7, 11) is 3.44. The molecule has 0 unspecified atom stereocenters. The summed E-state index contributed by atoms with van der Waals surface area (Å²) in [6.45, 7) is 2.61. The summed E-state index contributed by atoms with van der Waals surface area (Å²) in [5.41, 5.74) is -2.28. The van der Waals surface area contributed by atoms with Gasteiger partial charge in [-0.25, -0.2) is 4.39 Å². The van der Waals surface area contributed by atoms with E-state index in [1.165, 1.54) is 13.8 Å². The second kappa shape index (κ2) is 5.73. The van der Waals surface area contributed by atoms with E-state index in [0.717, 1.165) is 11.8 Å². The molecular weight excluding hydrogens is 259 g/mol. The number of aliphatic hydroxyl groups excluding tert-OH is 2. The minimum Gasteiger partial charge on any atom is -0.390 e. The van der Waals surface area contributed by atoms with Crippen LogP contribution in [0.2, 0.25) is 0 Å². The predicted octanol–water partition coefficient (Wildman–Crippen LogP) is 0.801. The van der Waals surface area contributed by atoms with Crippen molar-refractivity contribution in [2.45, 2.75) is 49.7 Å². The number of rotatable bonds is 2. The maximum absolute atomic E-state index is 13.9. The lowest BCUT2D eigenvalue weighted by atomic mass is 9.92. The number of hydrogen-bond acceptors (Lipinski definition) is 5. The Morgan fingerprint density at radius 1 is 1.44 bits per heavy atom. The molecule has 1 aliphatic heterocycles. The van der Waals surface area contributed by atoms with Crippen LogP contribution in [-0.4, -0.2) is 63.8 Å². The summed E-state index contributed by atoms with van der Waals surface area (Å²) in [5, 5.41) is 27.4. The van der Waals surface area contributed by atoms with Crippen LogP contribution in [0.5, 0.6) is 0 Å². The molecule has 5 nitrogen and oxygen atoms in total. The lowest BCUT2D eigenvalue weighted by Gasteiger charge is -2.41. The molecular formula is C11H21FN2O3S. The standard InChI is InChI=1S/C11H21FN2O3S/c1-11(2,12)9-8(16)6(15)5-7(17-9)18-10(13)14(3)4/h6-9,13,15-16H,5H2,1-4H3/t6-,7-,8+,9+/m1/s1. The van der Waals surface area contributed by atoms with Gasteiger partial charge in [0.2, 0.25) is 0 Å².